The van der Waals surface area contributed by atoms with Gasteiger partial charge in [0.05, 0.1) is 12.0 Å². The Labute approximate surface area is 232 Å². The van der Waals surface area contributed by atoms with Crippen LogP contribution in [0.1, 0.15) is 47.8 Å². The Hall–Kier alpha value is -4.39. The second-order valence-corrected chi connectivity index (χ2v) is 12.1. The van der Waals surface area contributed by atoms with Crippen LogP contribution in [0.4, 0.5) is 11.4 Å². The topological polar surface area (TPSA) is 84.9 Å². The molecule has 4 aliphatic heterocycles. The van der Waals surface area contributed by atoms with Crippen molar-refractivity contribution in [2.45, 2.75) is 45.2 Å². The van der Waals surface area contributed by atoms with Crippen molar-refractivity contribution in [1.82, 2.24) is 0 Å². The minimum absolute atomic E-state index is 0.0815. The van der Waals surface area contributed by atoms with Crippen molar-refractivity contribution in [3.63, 3.8) is 0 Å². The van der Waals surface area contributed by atoms with Gasteiger partial charge in [0.1, 0.15) is 11.5 Å². The largest absolute Gasteiger partial charge is 0.454 e. The molecule has 7 nitrogen and oxygen atoms in total. The molecule has 4 atom stereocenters. The van der Waals surface area contributed by atoms with Crippen molar-refractivity contribution in [1.29, 1.82) is 0 Å². The molecule has 1 amide bonds. The molecule has 0 aliphatic carbocycles. The number of rotatable bonds is 3. The van der Waals surface area contributed by atoms with E-state index >= 15 is 0 Å². The highest BCUT2D eigenvalue weighted by Crippen LogP contribution is 2.58. The summed E-state index contributed by atoms with van der Waals surface area (Å²) in [6.45, 7) is 7.72. The molecule has 4 aliphatic rings. The van der Waals surface area contributed by atoms with E-state index in [1.807, 2.05) is 81.1 Å². The molecule has 3 aromatic rings. The van der Waals surface area contributed by atoms with E-state index in [0.717, 1.165) is 22.4 Å². The molecule has 1 saturated heterocycles. The van der Waals surface area contributed by atoms with Gasteiger partial charge in [-0.15, -0.1) is 0 Å². The van der Waals surface area contributed by atoms with Crippen molar-refractivity contribution in [2.24, 2.45) is 11.3 Å². The standard InChI is InChI=1S/C33H30N2O5/c1-18-9-12-23-19(15-18)11-14-26-33(21-7-5-6-8-22(21)34-31(33)38)27(28(35(23)26)30(37)32(2,3)4)29(36)20-10-13-24-25(16-20)40-17-39-24/h5-16,26-28H,17H2,1-4H3,(H,34,38)/t26-,27+,28+,33-/m1/s1. The highest BCUT2D eigenvalue weighted by molar-refractivity contribution is 6.17. The molecule has 1 N–H and O–H groups in total. The molecule has 40 heavy (non-hydrogen) atoms. The number of aryl methyl sites for hydroxylation is 1. The first kappa shape index (κ1) is 24.6. The fourth-order valence-electron chi connectivity index (χ4n) is 6.97. The maximum atomic E-state index is 14.8. The quantitative estimate of drug-likeness (QED) is 0.459. The number of benzene rings is 3. The van der Waals surface area contributed by atoms with Gasteiger partial charge in [-0.1, -0.05) is 62.8 Å². The number of hydrogen-bond donors (Lipinski definition) is 1. The van der Waals surface area contributed by atoms with Gasteiger partial charge in [0.2, 0.25) is 12.7 Å². The summed E-state index contributed by atoms with van der Waals surface area (Å²) >= 11 is 0. The summed E-state index contributed by atoms with van der Waals surface area (Å²) in [4.78, 5) is 45.7. The van der Waals surface area contributed by atoms with Gasteiger partial charge in [-0.3, -0.25) is 14.4 Å². The molecule has 4 heterocycles. The maximum absolute atomic E-state index is 14.8. The van der Waals surface area contributed by atoms with Gasteiger partial charge >= 0.3 is 0 Å². The minimum Gasteiger partial charge on any atom is -0.454 e. The third-order valence-electron chi connectivity index (χ3n) is 8.74. The van der Waals surface area contributed by atoms with Crippen molar-refractivity contribution in [3.05, 3.63) is 89.0 Å². The Morgan fingerprint density at radius 3 is 2.58 bits per heavy atom. The number of carbonyl (C=O) groups excluding carboxylic acids is 3. The van der Waals surface area contributed by atoms with Gasteiger partial charge in [-0.25, -0.2) is 0 Å². The maximum Gasteiger partial charge on any atom is 0.238 e. The number of nitrogens with zero attached hydrogens (tertiary/aromatic N) is 1. The molecule has 3 aromatic carbocycles. The van der Waals surface area contributed by atoms with Gasteiger partial charge < -0.3 is 19.7 Å². The van der Waals surface area contributed by atoms with Crippen LogP contribution in [-0.4, -0.2) is 36.4 Å². The molecule has 0 bridgehead atoms. The number of Topliss-reactive ketones (excluding diaryl/α,β-unsaturated/α-hetero) is 2. The predicted octanol–water partition coefficient (Wildman–Crippen LogP) is 5.31. The van der Waals surface area contributed by atoms with Crippen LogP contribution in [0.2, 0.25) is 0 Å². The number of hydrogen-bond acceptors (Lipinski definition) is 6. The molecule has 0 radical (unpaired) electrons. The minimum atomic E-state index is -1.32. The lowest BCUT2D eigenvalue weighted by atomic mass is 9.63. The summed E-state index contributed by atoms with van der Waals surface area (Å²) in [6.07, 6.45) is 4.02. The van der Waals surface area contributed by atoms with E-state index in [0.29, 0.717) is 22.7 Å². The first-order valence-electron chi connectivity index (χ1n) is 13.6. The molecular weight excluding hydrogens is 504 g/mol. The van der Waals surface area contributed by atoms with Gasteiger partial charge in [-0.05, 0) is 54.4 Å². The second-order valence-electron chi connectivity index (χ2n) is 12.1. The van der Waals surface area contributed by atoms with Crippen LogP contribution in [0.25, 0.3) is 6.08 Å². The molecule has 7 heteroatoms. The summed E-state index contributed by atoms with van der Waals surface area (Å²) < 4.78 is 11.1. The zero-order chi connectivity index (χ0) is 28.0. The van der Waals surface area contributed by atoms with Crippen molar-refractivity contribution in [2.75, 3.05) is 17.0 Å². The summed E-state index contributed by atoms with van der Waals surface area (Å²) in [7, 11) is 0. The fraction of sp³-hybridized carbons (Fsp3) is 0.303. The summed E-state index contributed by atoms with van der Waals surface area (Å²) in [5.41, 5.74) is 2.58. The van der Waals surface area contributed by atoms with Crippen molar-refractivity contribution < 1.29 is 23.9 Å². The molecule has 7 rings (SSSR count). The van der Waals surface area contributed by atoms with E-state index in [2.05, 4.69) is 11.4 Å². The van der Waals surface area contributed by atoms with Crippen LogP contribution in [0.15, 0.2) is 66.7 Å². The lowest BCUT2D eigenvalue weighted by Gasteiger charge is -2.38. The molecule has 0 saturated carbocycles. The molecular formula is C33H30N2O5. The molecule has 202 valence electrons. The average molecular weight is 535 g/mol. The predicted molar refractivity (Wildman–Crippen MR) is 152 cm³/mol. The lowest BCUT2D eigenvalue weighted by molar-refractivity contribution is -0.128. The Morgan fingerprint density at radius 2 is 1.77 bits per heavy atom. The third-order valence-corrected chi connectivity index (χ3v) is 8.74. The van der Waals surface area contributed by atoms with E-state index < -0.39 is 28.8 Å². The van der Waals surface area contributed by atoms with E-state index in [1.54, 1.807) is 18.2 Å². The fourth-order valence-corrected chi connectivity index (χ4v) is 6.97. The second kappa shape index (κ2) is 8.31. The third kappa shape index (κ3) is 3.20. The van der Waals surface area contributed by atoms with Crippen LogP contribution in [0.5, 0.6) is 11.5 Å². The smallest absolute Gasteiger partial charge is 0.238 e. The van der Waals surface area contributed by atoms with Crippen LogP contribution >= 0.6 is 0 Å². The monoisotopic (exact) mass is 534 g/mol. The number of anilines is 2. The van der Waals surface area contributed by atoms with Gasteiger partial charge in [-0.2, -0.15) is 0 Å². The highest BCUT2D eigenvalue weighted by Gasteiger charge is 2.70. The van der Waals surface area contributed by atoms with Crippen molar-refractivity contribution in [3.8, 4) is 11.5 Å². The Morgan fingerprint density at radius 1 is 1.00 bits per heavy atom. The molecule has 0 aromatic heterocycles. The summed E-state index contributed by atoms with van der Waals surface area (Å²) in [5.74, 6) is -0.589. The summed E-state index contributed by atoms with van der Waals surface area (Å²) in [6, 6.07) is 17.3. The van der Waals surface area contributed by atoms with Crippen LogP contribution < -0.4 is 19.7 Å². The zero-order valence-corrected chi connectivity index (χ0v) is 22.9. The van der Waals surface area contributed by atoms with Crippen LogP contribution in [0, 0.1) is 18.3 Å². The average Bonchev–Trinajstić information content (AvgIpc) is 3.60. The van der Waals surface area contributed by atoms with E-state index in [9.17, 15) is 14.4 Å². The molecule has 1 spiro atoms. The highest BCUT2D eigenvalue weighted by atomic mass is 16.7. The summed E-state index contributed by atoms with van der Waals surface area (Å²) in [5, 5.41) is 3.06. The molecule has 0 unspecified atom stereocenters. The normalized spacial score (nSPS) is 25.4. The Kier molecular flexibility index (Phi) is 5.12. The number of amides is 1. The molecule has 1 fully saturated rings. The van der Waals surface area contributed by atoms with E-state index in [1.165, 1.54) is 0 Å². The number of fused-ring (bicyclic) bond motifs is 7. The van der Waals surface area contributed by atoms with E-state index in [4.69, 9.17) is 9.47 Å². The Bertz CT molecular complexity index is 1650. The number of para-hydroxylation sites is 1. The SMILES string of the molecule is Cc1ccc2c(c1)C=C[C@H]1N2[C@H](C(=O)C(C)(C)C)[C@@H](C(=O)c2ccc3c(c2)OCO3)[C@]12C(=O)Nc1ccccc12. The van der Waals surface area contributed by atoms with Crippen LogP contribution in [-0.2, 0) is 15.0 Å². The lowest BCUT2D eigenvalue weighted by Crippen LogP contribution is -2.51. The Balaban J connectivity index is 1.52. The van der Waals surface area contributed by atoms with E-state index in [-0.39, 0.29) is 24.3 Å². The van der Waals surface area contributed by atoms with Gasteiger partial charge in [0.15, 0.2) is 23.1 Å². The zero-order valence-electron chi connectivity index (χ0n) is 22.9. The van der Waals surface area contributed by atoms with Crippen LogP contribution in [0.3, 0.4) is 0 Å². The van der Waals surface area contributed by atoms with Gasteiger partial charge in [0, 0.05) is 22.4 Å². The first-order valence-corrected chi connectivity index (χ1v) is 13.6. The first-order chi connectivity index (χ1) is 19.1. The number of ether oxygens (including phenoxy) is 2. The number of ketones is 2. The number of carbonyl (C=O) groups is 3. The number of nitrogens with one attached hydrogen (secondary N) is 1. The van der Waals surface area contributed by atoms with Crippen molar-refractivity contribution >= 4 is 34.9 Å². The van der Waals surface area contributed by atoms with Gasteiger partial charge in [0.25, 0.3) is 0 Å².